The standard InChI is InChI=1S/C18H23BrN2/c1-3-20-12-15-8-10-16(11-9-15)13-21(2)14-17-6-4-5-7-18(17)19/h4-11,20H,3,12-14H2,1-2H3. The van der Waals surface area contributed by atoms with E-state index in [9.17, 15) is 0 Å². The zero-order valence-electron chi connectivity index (χ0n) is 12.8. The van der Waals surface area contributed by atoms with Crippen LogP contribution in [0.1, 0.15) is 23.6 Å². The third-order valence-electron chi connectivity index (χ3n) is 3.45. The van der Waals surface area contributed by atoms with Gasteiger partial charge in [-0.1, -0.05) is 65.3 Å². The molecule has 112 valence electrons. The van der Waals surface area contributed by atoms with Gasteiger partial charge in [0.1, 0.15) is 0 Å². The summed E-state index contributed by atoms with van der Waals surface area (Å²) >= 11 is 3.61. The van der Waals surface area contributed by atoms with E-state index in [1.54, 1.807) is 0 Å². The predicted molar refractivity (Wildman–Crippen MR) is 93.1 cm³/mol. The van der Waals surface area contributed by atoms with E-state index in [2.05, 4.69) is 88.6 Å². The van der Waals surface area contributed by atoms with Gasteiger partial charge in [-0.2, -0.15) is 0 Å². The van der Waals surface area contributed by atoms with Gasteiger partial charge in [0, 0.05) is 24.1 Å². The van der Waals surface area contributed by atoms with Crippen molar-refractivity contribution < 1.29 is 0 Å². The zero-order chi connectivity index (χ0) is 15.1. The fourth-order valence-corrected chi connectivity index (χ4v) is 2.73. The van der Waals surface area contributed by atoms with Crippen LogP contribution in [0, 0.1) is 0 Å². The first kappa shape index (κ1) is 16.2. The normalized spacial score (nSPS) is 11.0. The minimum Gasteiger partial charge on any atom is -0.313 e. The Labute approximate surface area is 136 Å². The molecule has 0 aliphatic carbocycles. The van der Waals surface area contributed by atoms with Gasteiger partial charge in [0.2, 0.25) is 0 Å². The van der Waals surface area contributed by atoms with Crippen molar-refractivity contribution in [1.29, 1.82) is 0 Å². The minimum absolute atomic E-state index is 0.945. The molecule has 1 N–H and O–H groups in total. The molecular weight excluding hydrogens is 324 g/mol. The van der Waals surface area contributed by atoms with Crippen molar-refractivity contribution in [2.75, 3.05) is 13.6 Å². The first-order chi connectivity index (χ1) is 10.2. The Morgan fingerprint density at radius 2 is 1.62 bits per heavy atom. The molecule has 2 aromatic carbocycles. The average molecular weight is 347 g/mol. The van der Waals surface area contributed by atoms with Gasteiger partial charge in [0.15, 0.2) is 0 Å². The maximum Gasteiger partial charge on any atom is 0.0245 e. The third kappa shape index (κ3) is 5.27. The lowest BCUT2D eigenvalue weighted by atomic mass is 10.1. The molecule has 0 spiro atoms. The number of hydrogen-bond donors (Lipinski definition) is 1. The molecule has 0 fully saturated rings. The molecule has 3 heteroatoms. The lowest BCUT2D eigenvalue weighted by Crippen LogP contribution is -2.17. The van der Waals surface area contributed by atoms with Crippen molar-refractivity contribution in [3.8, 4) is 0 Å². The van der Waals surface area contributed by atoms with E-state index in [4.69, 9.17) is 0 Å². The number of halogens is 1. The van der Waals surface area contributed by atoms with Crippen LogP contribution in [0.25, 0.3) is 0 Å². The quantitative estimate of drug-likeness (QED) is 0.808. The molecule has 2 rings (SSSR count). The van der Waals surface area contributed by atoms with Crippen molar-refractivity contribution in [3.05, 3.63) is 69.7 Å². The van der Waals surface area contributed by atoms with Crippen molar-refractivity contribution in [3.63, 3.8) is 0 Å². The van der Waals surface area contributed by atoms with Gasteiger partial charge >= 0.3 is 0 Å². The van der Waals surface area contributed by atoms with E-state index in [1.165, 1.54) is 21.2 Å². The Morgan fingerprint density at radius 3 is 2.29 bits per heavy atom. The highest BCUT2D eigenvalue weighted by Crippen LogP contribution is 2.18. The number of benzene rings is 2. The SMILES string of the molecule is CCNCc1ccc(CN(C)Cc2ccccc2Br)cc1. The van der Waals surface area contributed by atoms with Gasteiger partial charge in [-0.05, 0) is 36.3 Å². The summed E-state index contributed by atoms with van der Waals surface area (Å²) < 4.78 is 1.18. The number of rotatable bonds is 7. The largest absolute Gasteiger partial charge is 0.313 e. The maximum absolute atomic E-state index is 3.61. The second kappa shape index (κ2) is 8.32. The summed E-state index contributed by atoms with van der Waals surface area (Å²) in [5.74, 6) is 0. The fraction of sp³-hybridized carbons (Fsp3) is 0.333. The van der Waals surface area contributed by atoms with Crippen LogP contribution < -0.4 is 5.32 Å². The van der Waals surface area contributed by atoms with Crippen LogP contribution in [0.3, 0.4) is 0 Å². The van der Waals surface area contributed by atoms with E-state index in [1.807, 2.05) is 0 Å². The molecule has 0 heterocycles. The zero-order valence-corrected chi connectivity index (χ0v) is 14.4. The van der Waals surface area contributed by atoms with E-state index in [0.717, 1.165) is 26.2 Å². The van der Waals surface area contributed by atoms with Gasteiger partial charge in [0.25, 0.3) is 0 Å². The molecule has 2 nitrogen and oxygen atoms in total. The summed E-state index contributed by atoms with van der Waals surface area (Å²) in [4.78, 5) is 2.33. The monoisotopic (exact) mass is 346 g/mol. The Kier molecular flexibility index (Phi) is 6.43. The number of hydrogen-bond acceptors (Lipinski definition) is 2. The summed E-state index contributed by atoms with van der Waals surface area (Å²) in [5.41, 5.74) is 4.02. The molecule has 0 amide bonds. The lowest BCUT2D eigenvalue weighted by Gasteiger charge is -2.18. The van der Waals surface area contributed by atoms with Crippen LogP contribution in [0.2, 0.25) is 0 Å². The summed E-state index contributed by atoms with van der Waals surface area (Å²) in [7, 11) is 2.16. The van der Waals surface area contributed by atoms with Crippen LogP contribution in [-0.2, 0) is 19.6 Å². The van der Waals surface area contributed by atoms with E-state index >= 15 is 0 Å². The van der Waals surface area contributed by atoms with E-state index in [0.29, 0.717) is 0 Å². The lowest BCUT2D eigenvalue weighted by molar-refractivity contribution is 0.318. The second-order valence-corrected chi connectivity index (χ2v) is 6.21. The number of nitrogens with one attached hydrogen (secondary N) is 1. The molecule has 2 aromatic rings. The average Bonchev–Trinajstić information content (AvgIpc) is 2.49. The molecule has 0 saturated heterocycles. The fourth-order valence-electron chi connectivity index (χ4n) is 2.32. The second-order valence-electron chi connectivity index (χ2n) is 5.36. The first-order valence-electron chi connectivity index (χ1n) is 7.39. The van der Waals surface area contributed by atoms with Crippen LogP contribution in [0.4, 0.5) is 0 Å². The van der Waals surface area contributed by atoms with Crippen LogP contribution >= 0.6 is 15.9 Å². The van der Waals surface area contributed by atoms with Crippen LogP contribution in [0.15, 0.2) is 53.0 Å². The minimum atomic E-state index is 0.945. The summed E-state index contributed by atoms with van der Waals surface area (Å²) in [6, 6.07) is 17.3. The Bertz CT molecular complexity index is 551. The smallest absolute Gasteiger partial charge is 0.0245 e. The summed E-state index contributed by atoms with van der Waals surface area (Å²) in [6.07, 6.45) is 0. The molecule has 21 heavy (non-hydrogen) atoms. The molecular formula is C18H23BrN2. The molecule has 0 atom stereocenters. The summed E-state index contributed by atoms with van der Waals surface area (Å²) in [6.45, 7) is 5.99. The molecule has 0 aliphatic heterocycles. The van der Waals surface area contributed by atoms with Gasteiger partial charge in [-0.3, -0.25) is 4.90 Å². The molecule has 0 aromatic heterocycles. The van der Waals surface area contributed by atoms with Gasteiger partial charge in [0.05, 0.1) is 0 Å². The molecule has 0 aliphatic rings. The van der Waals surface area contributed by atoms with Gasteiger partial charge in [-0.15, -0.1) is 0 Å². The molecule has 0 radical (unpaired) electrons. The highest BCUT2D eigenvalue weighted by atomic mass is 79.9. The van der Waals surface area contributed by atoms with Crippen molar-refractivity contribution in [2.24, 2.45) is 0 Å². The highest BCUT2D eigenvalue weighted by molar-refractivity contribution is 9.10. The van der Waals surface area contributed by atoms with Crippen LogP contribution in [0.5, 0.6) is 0 Å². The number of nitrogens with zero attached hydrogens (tertiary/aromatic N) is 1. The van der Waals surface area contributed by atoms with E-state index in [-0.39, 0.29) is 0 Å². The molecule has 0 unspecified atom stereocenters. The van der Waals surface area contributed by atoms with Gasteiger partial charge in [-0.25, -0.2) is 0 Å². The summed E-state index contributed by atoms with van der Waals surface area (Å²) in [5, 5.41) is 3.35. The van der Waals surface area contributed by atoms with Crippen molar-refractivity contribution in [1.82, 2.24) is 10.2 Å². The maximum atomic E-state index is 3.61. The first-order valence-corrected chi connectivity index (χ1v) is 8.19. The van der Waals surface area contributed by atoms with Gasteiger partial charge < -0.3 is 5.32 Å². The molecule has 0 bridgehead atoms. The molecule has 0 saturated carbocycles. The predicted octanol–water partition coefficient (Wildman–Crippen LogP) is 4.19. The Balaban J connectivity index is 1.90. The topological polar surface area (TPSA) is 15.3 Å². The van der Waals surface area contributed by atoms with E-state index < -0.39 is 0 Å². The van der Waals surface area contributed by atoms with Crippen molar-refractivity contribution in [2.45, 2.75) is 26.6 Å². The Morgan fingerprint density at radius 1 is 0.952 bits per heavy atom. The third-order valence-corrected chi connectivity index (χ3v) is 4.23. The highest BCUT2D eigenvalue weighted by Gasteiger charge is 2.04. The van der Waals surface area contributed by atoms with Crippen LogP contribution in [-0.4, -0.2) is 18.5 Å². The Hall–Kier alpha value is -1.16. The van der Waals surface area contributed by atoms with Crippen molar-refractivity contribution >= 4 is 15.9 Å².